The normalized spacial score (nSPS) is 12.7. The fourth-order valence-electron chi connectivity index (χ4n) is 3.46. The Morgan fingerprint density at radius 3 is 2.46 bits per heavy atom. The number of halogens is 1. The van der Waals surface area contributed by atoms with Gasteiger partial charge in [-0.2, -0.15) is 0 Å². The molecule has 0 atom stereocenters. The van der Waals surface area contributed by atoms with Gasteiger partial charge in [0.1, 0.15) is 11.6 Å². The Morgan fingerprint density at radius 1 is 0.962 bits per heavy atom. The van der Waals surface area contributed by atoms with Crippen molar-refractivity contribution in [2.24, 2.45) is 0 Å². The molecule has 0 aliphatic heterocycles. The van der Waals surface area contributed by atoms with Crippen LogP contribution in [0.15, 0.2) is 54.7 Å². The van der Waals surface area contributed by atoms with Crippen LogP contribution in [-0.2, 0) is 6.42 Å². The summed E-state index contributed by atoms with van der Waals surface area (Å²) in [4.78, 5) is 4.67. The van der Waals surface area contributed by atoms with E-state index < -0.39 is 0 Å². The highest BCUT2D eigenvalue weighted by molar-refractivity contribution is 5.86. The number of fused-ring (bicyclic) bond motifs is 1. The van der Waals surface area contributed by atoms with Gasteiger partial charge < -0.3 is 4.74 Å². The number of aryl methyl sites for hydroxylation is 1. The van der Waals surface area contributed by atoms with Crippen molar-refractivity contribution in [3.63, 3.8) is 0 Å². The number of aromatic nitrogens is 1. The quantitative estimate of drug-likeness (QED) is 0.625. The monoisotopic (exact) mass is 345 g/mol. The highest BCUT2D eigenvalue weighted by Crippen LogP contribution is 2.36. The van der Waals surface area contributed by atoms with Crippen molar-refractivity contribution in [2.45, 2.75) is 20.3 Å². The molecule has 1 aromatic heterocycles. The third kappa shape index (κ3) is 2.80. The smallest absolute Gasteiger partial charge is 0.123 e. The lowest BCUT2D eigenvalue weighted by atomic mass is 9.96. The number of methoxy groups -OCH3 is 1. The van der Waals surface area contributed by atoms with Gasteiger partial charge in [0.2, 0.25) is 0 Å². The lowest BCUT2D eigenvalue weighted by Gasteiger charge is -2.13. The first-order chi connectivity index (χ1) is 12.6. The number of hydrogen-bond donors (Lipinski definition) is 0. The standard InChI is InChI=1S/C23H20FNO/c1-14-10-17(12-23(26-3)15(14)2)18-11-21-20(8-9-22(21)25-13-18)16-4-6-19(24)7-5-16/h4-8,10-13H,9H2,1-3H3. The van der Waals surface area contributed by atoms with Crippen LogP contribution in [0.5, 0.6) is 5.75 Å². The Bertz CT molecular complexity index is 1020. The Kier molecular flexibility index (Phi) is 4.08. The molecule has 2 aromatic carbocycles. The Labute approximate surface area is 153 Å². The van der Waals surface area contributed by atoms with E-state index in [0.717, 1.165) is 51.3 Å². The summed E-state index contributed by atoms with van der Waals surface area (Å²) in [5.74, 6) is 0.663. The molecule has 1 aliphatic carbocycles. The van der Waals surface area contributed by atoms with Crippen molar-refractivity contribution in [2.75, 3.05) is 7.11 Å². The summed E-state index contributed by atoms with van der Waals surface area (Å²) in [6, 6.07) is 13.0. The average molecular weight is 345 g/mol. The van der Waals surface area contributed by atoms with Crippen molar-refractivity contribution in [3.8, 4) is 16.9 Å². The predicted molar refractivity (Wildman–Crippen MR) is 103 cm³/mol. The number of benzene rings is 2. The van der Waals surface area contributed by atoms with Gasteiger partial charge in [-0.25, -0.2) is 4.39 Å². The van der Waals surface area contributed by atoms with Crippen molar-refractivity contribution >= 4 is 5.57 Å². The van der Waals surface area contributed by atoms with Gasteiger partial charge in [-0.05, 0) is 65.9 Å². The number of nitrogens with zero attached hydrogens (tertiary/aromatic N) is 1. The van der Waals surface area contributed by atoms with Gasteiger partial charge in [-0.3, -0.25) is 4.98 Å². The summed E-state index contributed by atoms with van der Waals surface area (Å²) in [6.45, 7) is 4.15. The van der Waals surface area contributed by atoms with E-state index in [2.05, 4.69) is 43.1 Å². The molecule has 0 unspecified atom stereocenters. The zero-order valence-corrected chi connectivity index (χ0v) is 15.1. The highest BCUT2D eigenvalue weighted by Gasteiger charge is 2.18. The van der Waals surface area contributed by atoms with Gasteiger partial charge in [0.25, 0.3) is 0 Å². The van der Waals surface area contributed by atoms with Crippen LogP contribution in [-0.4, -0.2) is 12.1 Å². The minimum Gasteiger partial charge on any atom is -0.496 e. The molecular formula is C23H20FNO. The number of rotatable bonds is 3. The summed E-state index contributed by atoms with van der Waals surface area (Å²) in [6.07, 6.45) is 4.89. The third-order valence-electron chi connectivity index (χ3n) is 5.09. The van der Waals surface area contributed by atoms with E-state index in [1.54, 1.807) is 7.11 Å². The molecule has 0 saturated heterocycles. The minimum atomic E-state index is -0.221. The van der Waals surface area contributed by atoms with E-state index in [4.69, 9.17) is 4.74 Å². The van der Waals surface area contributed by atoms with Gasteiger partial charge in [-0.15, -0.1) is 0 Å². The number of hydrogen-bond acceptors (Lipinski definition) is 2. The first kappa shape index (κ1) is 16.5. The van der Waals surface area contributed by atoms with E-state index in [-0.39, 0.29) is 5.82 Å². The molecule has 3 heteroatoms. The maximum atomic E-state index is 13.3. The maximum absolute atomic E-state index is 13.3. The SMILES string of the molecule is COc1cc(-c2cnc3c(c2)C(c2ccc(F)cc2)=CC3)cc(C)c1C. The lowest BCUT2D eigenvalue weighted by Crippen LogP contribution is -1.95. The molecule has 1 aliphatic rings. The van der Waals surface area contributed by atoms with Gasteiger partial charge in [0, 0.05) is 23.7 Å². The molecule has 0 fully saturated rings. The number of pyridine rings is 1. The molecule has 0 saturated carbocycles. The van der Waals surface area contributed by atoms with E-state index in [1.165, 1.54) is 17.7 Å². The van der Waals surface area contributed by atoms with E-state index in [9.17, 15) is 4.39 Å². The van der Waals surface area contributed by atoms with E-state index in [0.29, 0.717) is 0 Å². The lowest BCUT2D eigenvalue weighted by molar-refractivity contribution is 0.411. The minimum absolute atomic E-state index is 0.221. The number of ether oxygens (including phenoxy) is 1. The molecule has 0 radical (unpaired) electrons. The summed E-state index contributed by atoms with van der Waals surface area (Å²) < 4.78 is 18.8. The van der Waals surface area contributed by atoms with Crippen LogP contribution in [0.3, 0.4) is 0 Å². The summed E-state index contributed by atoms with van der Waals surface area (Å²) in [5.41, 5.74) is 8.79. The second kappa shape index (κ2) is 6.41. The van der Waals surface area contributed by atoms with Crippen LogP contribution in [0.1, 0.15) is 27.9 Å². The molecule has 0 N–H and O–H groups in total. The topological polar surface area (TPSA) is 22.1 Å². The van der Waals surface area contributed by atoms with Crippen LogP contribution in [0.25, 0.3) is 16.7 Å². The molecule has 4 rings (SSSR count). The molecule has 2 nitrogen and oxygen atoms in total. The Balaban J connectivity index is 1.79. The van der Waals surface area contributed by atoms with Gasteiger partial charge >= 0.3 is 0 Å². The van der Waals surface area contributed by atoms with Crippen molar-refractivity contribution in [3.05, 3.63) is 88.5 Å². The molecule has 26 heavy (non-hydrogen) atoms. The zero-order valence-electron chi connectivity index (χ0n) is 15.1. The maximum Gasteiger partial charge on any atom is 0.123 e. The van der Waals surface area contributed by atoms with Crippen LogP contribution in [0.4, 0.5) is 4.39 Å². The fraction of sp³-hybridized carbons (Fsp3) is 0.174. The van der Waals surface area contributed by atoms with Crippen LogP contribution in [0, 0.1) is 19.7 Å². The van der Waals surface area contributed by atoms with Crippen LogP contribution in [0.2, 0.25) is 0 Å². The zero-order chi connectivity index (χ0) is 18.3. The summed E-state index contributed by atoms with van der Waals surface area (Å²) in [7, 11) is 1.70. The average Bonchev–Trinajstić information content (AvgIpc) is 3.07. The predicted octanol–water partition coefficient (Wildman–Crippen LogP) is 5.50. The van der Waals surface area contributed by atoms with Gasteiger partial charge in [0.05, 0.1) is 12.8 Å². The third-order valence-corrected chi connectivity index (χ3v) is 5.09. The molecule has 1 heterocycles. The molecule has 3 aromatic rings. The largest absolute Gasteiger partial charge is 0.496 e. The van der Waals surface area contributed by atoms with E-state index in [1.807, 2.05) is 18.3 Å². The first-order valence-electron chi connectivity index (χ1n) is 8.68. The van der Waals surface area contributed by atoms with Gasteiger partial charge in [0.15, 0.2) is 0 Å². The first-order valence-corrected chi connectivity index (χ1v) is 8.68. The molecule has 0 spiro atoms. The van der Waals surface area contributed by atoms with Gasteiger partial charge in [-0.1, -0.05) is 24.3 Å². The second-order valence-corrected chi connectivity index (χ2v) is 6.67. The molecule has 130 valence electrons. The van der Waals surface area contributed by atoms with Crippen LogP contribution < -0.4 is 4.74 Å². The Morgan fingerprint density at radius 2 is 1.73 bits per heavy atom. The molecule has 0 amide bonds. The molecule has 0 bridgehead atoms. The van der Waals surface area contributed by atoms with Crippen molar-refractivity contribution in [1.29, 1.82) is 0 Å². The Hall–Kier alpha value is -2.94. The highest BCUT2D eigenvalue weighted by atomic mass is 19.1. The van der Waals surface area contributed by atoms with Crippen LogP contribution >= 0.6 is 0 Å². The summed E-state index contributed by atoms with van der Waals surface area (Å²) in [5, 5.41) is 0. The number of allylic oxidation sites excluding steroid dienone is 1. The molecular weight excluding hydrogens is 325 g/mol. The second-order valence-electron chi connectivity index (χ2n) is 6.67. The van der Waals surface area contributed by atoms with Crippen molar-refractivity contribution in [1.82, 2.24) is 4.98 Å². The van der Waals surface area contributed by atoms with E-state index >= 15 is 0 Å². The summed E-state index contributed by atoms with van der Waals surface area (Å²) >= 11 is 0. The fourth-order valence-corrected chi connectivity index (χ4v) is 3.46. The van der Waals surface area contributed by atoms with Crippen molar-refractivity contribution < 1.29 is 9.13 Å².